The molecule has 2 rings (SSSR count). The minimum absolute atomic E-state index is 0.0383. The summed E-state index contributed by atoms with van der Waals surface area (Å²) in [4.78, 5) is 6.45. The van der Waals surface area contributed by atoms with Crippen LogP contribution >= 0.6 is 15.9 Å². The fourth-order valence-electron chi connectivity index (χ4n) is 1.89. The van der Waals surface area contributed by atoms with Gasteiger partial charge in [0.15, 0.2) is 0 Å². The van der Waals surface area contributed by atoms with Gasteiger partial charge in [-0.25, -0.2) is 0 Å². The fourth-order valence-corrected chi connectivity index (χ4v) is 2.35. The van der Waals surface area contributed by atoms with Crippen LogP contribution in [0.4, 0.5) is 0 Å². The molecule has 0 fully saturated rings. The van der Waals surface area contributed by atoms with Gasteiger partial charge < -0.3 is 10.2 Å². The van der Waals surface area contributed by atoms with Gasteiger partial charge in [0.05, 0.1) is 22.5 Å². The van der Waals surface area contributed by atoms with Crippen molar-refractivity contribution in [1.82, 2.24) is 9.88 Å². The minimum Gasteiger partial charge on any atom is -0.466 e. The lowest BCUT2D eigenvalue weighted by atomic mass is 10.2. The summed E-state index contributed by atoms with van der Waals surface area (Å²) in [5.74, 6) is 0.857. The van der Waals surface area contributed by atoms with E-state index < -0.39 is 0 Å². The fraction of sp³-hybridized carbons (Fsp3) is 0.308. The number of pyridine rings is 1. The van der Waals surface area contributed by atoms with Crippen molar-refractivity contribution >= 4 is 15.9 Å². The Hall–Kier alpha value is -1.17. The van der Waals surface area contributed by atoms with E-state index in [1.807, 2.05) is 31.3 Å². The maximum atomic E-state index is 5.84. The Balaban J connectivity index is 2.11. The number of rotatable bonds is 5. The predicted molar refractivity (Wildman–Crippen MR) is 73.9 cm³/mol. The van der Waals surface area contributed by atoms with Crippen molar-refractivity contribution in [3.8, 4) is 0 Å². The Labute approximate surface area is 115 Å². The molecular weight excluding hydrogens is 294 g/mol. The Morgan fingerprint density at radius 3 is 2.83 bits per heavy atom. The molecule has 0 bridgehead atoms. The number of halogens is 1. The first-order valence-electron chi connectivity index (χ1n) is 5.75. The van der Waals surface area contributed by atoms with E-state index in [-0.39, 0.29) is 6.04 Å². The van der Waals surface area contributed by atoms with Crippen LogP contribution in [0.3, 0.4) is 0 Å². The number of nitrogens with zero attached hydrogens (tertiary/aromatic N) is 2. The molecule has 4 nitrogen and oxygen atoms in total. The first-order valence-corrected chi connectivity index (χ1v) is 6.54. The zero-order valence-corrected chi connectivity index (χ0v) is 11.8. The van der Waals surface area contributed by atoms with Crippen molar-refractivity contribution in [2.24, 2.45) is 5.73 Å². The highest BCUT2D eigenvalue weighted by Crippen LogP contribution is 2.28. The lowest BCUT2D eigenvalue weighted by Crippen LogP contribution is -2.30. The number of furan rings is 1. The van der Waals surface area contributed by atoms with E-state index in [9.17, 15) is 0 Å². The molecule has 0 saturated heterocycles. The lowest BCUT2D eigenvalue weighted by molar-refractivity contribution is 0.209. The third kappa shape index (κ3) is 2.98. The smallest absolute Gasteiger partial charge is 0.136 e. The summed E-state index contributed by atoms with van der Waals surface area (Å²) in [6.07, 6.45) is 3.46. The van der Waals surface area contributed by atoms with Crippen LogP contribution in [0.2, 0.25) is 0 Å². The maximum Gasteiger partial charge on any atom is 0.136 e. The van der Waals surface area contributed by atoms with Crippen LogP contribution in [-0.4, -0.2) is 23.5 Å². The molecule has 0 saturated carbocycles. The SMILES string of the molecule is CN(Cc1ccccn1)C(CN)c1occc1Br. The largest absolute Gasteiger partial charge is 0.466 e. The van der Waals surface area contributed by atoms with Crippen molar-refractivity contribution in [3.05, 3.63) is 52.7 Å². The zero-order chi connectivity index (χ0) is 13.0. The molecule has 2 aromatic heterocycles. The highest BCUT2D eigenvalue weighted by molar-refractivity contribution is 9.10. The third-order valence-corrected chi connectivity index (χ3v) is 3.50. The first-order chi connectivity index (χ1) is 8.72. The van der Waals surface area contributed by atoms with Crippen LogP contribution in [0.5, 0.6) is 0 Å². The number of aromatic nitrogens is 1. The van der Waals surface area contributed by atoms with Gasteiger partial charge in [0.1, 0.15) is 5.76 Å². The van der Waals surface area contributed by atoms with Crippen LogP contribution in [0, 0.1) is 0 Å². The summed E-state index contributed by atoms with van der Waals surface area (Å²) in [6.45, 7) is 1.23. The van der Waals surface area contributed by atoms with Gasteiger partial charge in [0, 0.05) is 19.3 Å². The van der Waals surface area contributed by atoms with Crippen molar-refractivity contribution < 1.29 is 4.42 Å². The molecule has 2 aromatic rings. The second kappa shape index (κ2) is 6.13. The van der Waals surface area contributed by atoms with E-state index in [0.717, 1.165) is 22.5 Å². The molecule has 0 aromatic carbocycles. The highest BCUT2D eigenvalue weighted by Gasteiger charge is 2.21. The van der Waals surface area contributed by atoms with E-state index in [1.165, 1.54) is 0 Å². The second-order valence-electron chi connectivity index (χ2n) is 4.12. The second-order valence-corrected chi connectivity index (χ2v) is 4.97. The summed E-state index contributed by atoms with van der Waals surface area (Å²) in [5.41, 5.74) is 6.86. The molecule has 1 atom stereocenters. The van der Waals surface area contributed by atoms with Crippen LogP contribution in [0.1, 0.15) is 17.5 Å². The number of likely N-dealkylation sites (N-methyl/N-ethyl adjacent to an activating group) is 1. The molecule has 96 valence electrons. The van der Waals surface area contributed by atoms with Crippen LogP contribution < -0.4 is 5.73 Å². The topological polar surface area (TPSA) is 55.3 Å². The molecule has 0 aliphatic rings. The van der Waals surface area contributed by atoms with E-state index in [4.69, 9.17) is 10.2 Å². The molecule has 0 spiro atoms. The van der Waals surface area contributed by atoms with Crippen LogP contribution in [0.25, 0.3) is 0 Å². The number of hydrogen-bond donors (Lipinski definition) is 1. The minimum atomic E-state index is 0.0383. The Morgan fingerprint density at radius 2 is 2.28 bits per heavy atom. The molecule has 2 N–H and O–H groups in total. The van der Waals surface area contributed by atoms with Gasteiger partial charge >= 0.3 is 0 Å². The lowest BCUT2D eigenvalue weighted by Gasteiger charge is -2.25. The van der Waals surface area contributed by atoms with E-state index >= 15 is 0 Å². The van der Waals surface area contributed by atoms with Gasteiger partial charge in [-0.2, -0.15) is 0 Å². The maximum absolute atomic E-state index is 5.84. The molecule has 5 heteroatoms. The van der Waals surface area contributed by atoms with E-state index in [0.29, 0.717) is 6.54 Å². The first kappa shape index (κ1) is 13.3. The Bertz CT molecular complexity index is 486. The number of nitrogens with two attached hydrogens (primary N) is 1. The summed E-state index contributed by atoms with van der Waals surface area (Å²) >= 11 is 3.47. The molecular formula is C13H16BrN3O. The monoisotopic (exact) mass is 309 g/mol. The summed E-state index contributed by atoms with van der Waals surface area (Å²) in [7, 11) is 2.02. The summed E-state index contributed by atoms with van der Waals surface area (Å²) in [6, 6.07) is 7.81. The molecule has 0 amide bonds. The average molecular weight is 310 g/mol. The molecule has 0 radical (unpaired) electrons. The molecule has 0 aliphatic heterocycles. The summed E-state index contributed by atoms with van der Waals surface area (Å²) in [5, 5.41) is 0. The summed E-state index contributed by atoms with van der Waals surface area (Å²) < 4.78 is 6.44. The van der Waals surface area contributed by atoms with Crippen LogP contribution in [0.15, 0.2) is 45.6 Å². The van der Waals surface area contributed by atoms with Crippen molar-refractivity contribution in [3.63, 3.8) is 0 Å². The predicted octanol–water partition coefficient (Wildman–Crippen LogP) is 2.57. The Kier molecular flexibility index (Phi) is 4.52. The average Bonchev–Trinajstić information content (AvgIpc) is 2.78. The van der Waals surface area contributed by atoms with Crippen molar-refractivity contribution in [1.29, 1.82) is 0 Å². The van der Waals surface area contributed by atoms with Gasteiger partial charge in [-0.05, 0) is 41.2 Å². The van der Waals surface area contributed by atoms with Gasteiger partial charge in [-0.3, -0.25) is 9.88 Å². The standard InChI is InChI=1S/C13H16BrN3O/c1-17(9-10-4-2-3-6-16-10)12(8-15)13-11(14)5-7-18-13/h2-7,12H,8-9,15H2,1H3. The van der Waals surface area contributed by atoms with Crippen molar-refractivity contribution in [2.75, 3.05) is 13.6 Å². The van der Waals surface area contributed by atoms with Crippen LogP contribution in [-0.2, 0) is 6.54 Å². The highest BCUT2D eigenvalue weighted by atomic mass is 79.9. The zero-order valence-electron chi connectivity index (χ0n) is 10.2. The quantitative estimate of drug-likeness (QED) is 0.922. The normalized spacial score (nSPS) is 12.9. The Morgan fingerprint density at radius 1 is 1.44 bits per heavy atom. The third-order valence-electron chi connectivity index (χ3n) is 2.84. The van der Waals surface area contributed by atoms with E-state index in [1.54, 1.807) is 12.5 Å². The van der Waals surface area contributed by atoms with Gasteiger partial charge in [-0.15, -0.1) is 0 Å². The molecule has 0 aliphatic carbocycles. The van der Waals surface area contributed by atoms with E-state index in [2.05, 4.69) is 25.8 Å². The van der Waals surface area contributed by atoms with Gasteiger partial charge in [-0.1, -0.05) is 6.07 Å². The number of hydrogen-bond acceptors (Lipinski definition) is 4. The molecule has 1 unspecified atom stereocenters. The molecule has 18 heavy (non-hydrogen) atoms. The molecule has 2 heterocycles. The van der Waals surface area contributed by atoms with Crippen molar-refractivity contribution in [2.45, 2.75) is 12.6 Å². The van der Waals surface area contributed by atoms with Gasteiger partial charge in [0.25, 0.3) is 0 Å². The van der Waals surface area contributed by atoms with Gasteiger partial charge in [0.2, 0.25) is 0 Å².